The second-order valence-electron chi connectivity index (χ2n) is 5.25. The van der Waals surface area contributed by atoms with Crippen molar-refractivity contribution in [3.05, 3.63) is 0 Å². The summed E-state index contributed by atoms with van der Waals surface area (Å²) < 4.78 is 5.65. The molecule has 3 unspecified atom stereocenters. The maximum absolute atomic E-state index is 5.79. The lowest BCUT2D eigenvalue weighted by Crippen LogP contribution is -2.18. The highest BCUT2D eigenvalue weighted by Crippen LogP contribution is 2.35. The van der Waals surface area contributed by atoms with Gasteiger partial charge < -0.3 is 10.5 Å². The maximum Gasteiger partial charge on any atom is 0.0576 e. The van der Waals surface area contributed by atoms with Gasteiger partial charge in [-0.25, -0.2) is 0 Å². The summed E-state index contributed by atoms with van der Waals surface area (Å²) in [5, 5.41) is 0. The van der Waals surface area contributed by atoms with Gasteiger partial charge in [0.05, 0.1) is 6.10 Å². The summed E-state index contributed by atoms with van der Waals surface area (Å²) >= 11 is 0. The van der Waals surface area contributed by atoms with Crippen molar-refractivity contribution in [2.75, 3.05) is 13.2 Å². The van der Waals surface area contributed by atoms with E-state index in [1.165, 1.54) is 51.4 Å². The van der Waals surface area contributed by atoms with E-state index in [1.54, 1.807) is 0 Å². The highest BCUT2D eigenvalue weighted by Gasteiger charge is 2.25. The molecule has 2 rings (SSSR count). The smallest absolute Gasteiger partial charge is 0.0576 e. The summed E-state index contributed by atoms with van der Waals surface area (Å²) in [6.07, 6.45) is 11.4. The van der Waals surface area contributed by atoms with Crippen molar-refractivity contribution in [1.82, 2.24) is 0 Å². The van der Waals surface area contributed by atoms with E-state index >= 15 is 0 Å². The minimum atomic E-state index is 0.586. The first-order valence-electron chi connectivity index (χ1n) is 6.72. The molecule has 2 heteroatoms. The first-order valence-corrected chi connectivity index (χ1v) is 6.72. The average Bonchev–Trinajstić information content (AvgIpc) is 2.88. The Morgan fingerprint density at radius 2 is 1.87 bits per heavy atom. The maximum atomic E-state index is 5.79. The number of hydrogen-bond donors (Lipinski definition) is 1. The van der Waals surface area contributed by atoms with Gasteiger partial charge >= 0.3 is 0 Å². The highest BCUT2D eigenvalue weighted by molar-refractivity contribution is 4.78. The van der Waals surface area contributed by atoms with Crippen LogP contribution in [0.4, 0.5) is 0 Å². The fourth-order valence-electron chi connectivity index (χ4n) is 3.28. The topological polar surface area (TPSA) is 35.2 Å². The summed E-state index contributed by atoms with van der Waals surface area (Å²) in [7, 11) is 0. The Morgan fingerprint density at radius 1 is 1.00 bits per heavy atom. The quantitative estimate of drug-likeness (QED) is 0.759. The van der Waals surface area contributed by atoms with E-state index in [2.05, 4.69) is 0 Å². The third-order valence-corrected chi connectivity index (χ3v) is 4.24. The summed E-state index contributed by atoms with van der Waals surface area (Å²) in [6, 6.07) is 0. The standard InChI is InChI=1S/C13H25NO/c14-10-12-6-1-4-11(12)5-2-7-13-8-3-9-15-13/h11-13H,1-10,14H2. The van der Waals surface area contributed by atoms with Crippen LogP contribution in [-0.2, 0) is 4.74 Å². The first-order chi connectivity index (χ1) is 7.40. The van der Waals surface area contributed by atoms with Crippen LogP contribution >= 0.6 is 0 Å². The Balaban J connectivity index is 1.60. The second kappa shape index (κ2) is 5.86. The lowest BCUT2D eigenvalue weighted by Gasteiger charge is -2.18. The van der Waals surface area contributed by atoms with Gasteiger partial charge in [-0.05, 0) is 44.1 Å². The van der Waals surface area contributed by atoms with Crippen molar-refractivity contribution in [3.8, 4) is 0 Å². The van der Waals surface area contributed by atoms with Crippen LogP contribution in [-0.4, -0.2) is 19.3 Å². The van der Waals surface area contributed by atoms with Crippen molar-refractivity contribution in [1.29, 1.82) is 0 Å². The van der Waals surface area contributed by atoms with Gasteiger partial charge in [0.2, 0.25) is 0 Å². The Bertz CT molecular complexity index is 177. The Kier molecular flexibility index (Phi) is 4.45. The summed E-state index contributed by atoms with van der Waals surface area (Å²) in [5.41, 5.74) is 5.79. The van der Waals surface area contributed by atoms with E-state index < -0.39 is 0 Å². The molecule has 0 aromatic carbocycles. The molecule has 0 bridgehead atoms. The van der Waals surface area contributed by atoms with Crippen LogP contribution in [0.5, 0.6) is 0 Å². The Morgan fingerprint density at radius 3 is 2.60 bits per heavy atom. The van der Waals surface area contributed by atoms with Crippen LogP contribution in [0.3, 0.4) is 0 Å². The third kappa shape index (κ3) is 3.18. The molecule has 0 aromatic heterocycles. The van der Waals surface area contributed by atoms with Crippen LogP contribution in [0.15, 0.2) is 0 Å². The van der Waals surface area contributed by atoms with Gasteiger partial charge in [-0.1, -0.05) is 25.7 Å². The SMILES string of the molecule is NCC1CCCC1CCCC1CCCO1. The zero-order valence-corrected chi connectivity index (χ0v) is 9.79. The van der Waals surface area contributed by atoms with Crippen LogP contribution in [0.2, 0.25) is 0 Å². The molecule has 1 saturated carbocycles. The van der Waals surface area contributed by atoms with Crippen LogP contribution in [0.1, 0.15) is 51.4 Å². The summed E-state index contributed by atoms with van der Waals surface area (Å²) in [6.45, 7) is 1.91. The molecule has 15 heavy (non-hydrogen) atoms. The monoisotopic (exact) mass is 211 g/mol. The normalized spacial score (nSPS) is 36.2. The summed E-state index contributed by atoms with van der Waals surface area (Å²) in [5.74, 6) is 1.76. The fourth-order valence-corrected chi connectivity index (χ4v) is 3.28. The van der Waals surface area contributed by atoms with Gasteiger partial charge in [0.15, 0.2) is 0 Å². The van der Waals surface area contributed by atoms with Crippen molar-refractivity contribution in [3.63, 3.8) is 0 Å². The van der Waals surface area contributed by atoms with E-state index in [0.29, 0.717) is 6.10 Å². The van der Waals surface area contributed by atoms with Crippen molar-refractivity contribution in [2.24, 2.45) is 17.6 Å². The third-order valence-electron chi connectivity index (χ3n) is 4.24. The van der Waals surface area contributed by atoms with E-state index in [-0.39, 0.29) is 0 Å². The number of hydrogen-bond acceptors (Lipinski definition) is 2. The molecule has 0 amide bonds. The van der Waals surface area contributed by atoms with Gasteiger partial charge in [-0.2, -0.15) is 0 Å². The van der Waals surface area contributed by atoms with Crippen molar-refractivity contribution < 1.29 is 4.74 Å². The molecule has 0 aromatic rings. The molecule has 1 saturated heterocycles. The minimum Gasteiger partial charge on any atom is -0.378 e. The molecule has 2 nitrogen and oxygen atoms in total. The molecular weight excluding hydrogens is 186 g/mol. The minimum absolute atomic E-state index is 0.586. The zero-order valence-electron chi connectivity index (χ0n) is 9.79. The van der Waals surface area contributed by atoms with Gasteiger partial charge in [0, 0.05) is 6.61 Å². The predicted molar refractivity (Wildman–Crippen MR) is 62.7 cm³/mol. The second-order valence-corrected chi connectivity index (χ2v) is 5.25. The number of nitrogens with two attached hydrogens (primary N) is 1. The van der Waals surface area contributed by atoms with E-state index in [1.807, 2.05) is 0 Å². The van der Waals surface area contributed by atoms with Crippen LogP contribution in [0.25, 0.3) is 0 Å². The molecule has 2 fully saturated rings. The average molecular weight is 211 g/mol. The molecule has 2 aliphatic rings. The Labute approximate surface area is 93.6 Å². The van der Waals surface area contributed by atoms with Crippen molar-refractivity contribution in [2.45, 2.75) is 57.5 Å². The highest BCUT2D eigenvalue weighted by atomic mass is 16.5. The van der Waals surface area contributed by atoms with Crippen LogP contribution in [0, 0.1) is 11.8 Å². The molecule has 2 N–H and O–H groups in total. The molecule has 1 heterocycles. The largest absolute Gasteiger partial charge is 0.378 e. The van der Waals surface area contributed by atoms with E-state index in [0.717, 1.165) is 25.0 Å². The lowest BCUT2D eigenvalue weighted by molar-refractivity contribution is 0.100. The molecule has 1 aliphatic carbocycles. The Hall–Kier alpha value is -0.0800. The molecule has 1 aliphatic heterocycles. The molecule has 0 spiro atoms. The predicted octanol–water partition coefficient (Wildman–Crippen LogP) is 2.71. The molecule has 3 atom stereocenters. The number of rotatable bonds is 5. The molecular formula is C13H25NO. The fraction of sp³-hybridized carbons (Fsp3) is 1.00. The van der Waals surface area contributed by atoms with Crippen LogP contribution < -0.4 is 5.73 Å². The lowest BCUT2D eigenvalue weighted by atomic mass is 9.90. The summed E-state index contributed by atoms with van der Waals surface area (Å²) in [4.78, 5) is 0. The van der Waals surface area contributed by atoms with Gasteiger partial charge in [-0.3, -0.25) is 0 Å². The van der Waals surface area contributed by atoms with E-state index in [9.17, 15) is 0 Å². The molecule has 88 valence electrons. The first kappa shape index (κ1) is 11.4. The van der Waals surface area contributed by atoms with E-state index in [4.69, 9.17) is 10.5 Å². The van der Waals surface area contributed by atoms with Gasteiger partial charge in [-0.15, -0.1) is 0 Å². The molecule has 0 radical (unpaired) electrons. The van der Waals surface area contributed by atoms with Crippen molar-refractivity contribution >= 4 is 0 Å². The number of ether oxygens (including phenoxy) is 1. The van der Waals surface area contributed by atoms with Gasteiger partial charge in [0.25, 0.3) is 0 Å². The van der Waals surface area contributed by atoms with Gasteiger partial charge in [0.1, 0.15) is 0 Å². The zero-order chi connectivity index (χ0) is 10.5.